The van der Waals surface area contributed by atoms with Crippen LogP contribution in [0.15, 0.2) is 144 Å². The number of nitrogens with zero attached hydrogens (tertiary/aromatic N) is 11. The van der Waals surface area contributed by atoms with Crippen molar-refractivity contribution in [2.75, 3.05) is 87.5 Å². The monoisotopic (exact) mass is 2070 g/mol. The number of fused-ring (bicyclic) bond motifs is 10. The average molecular weight is 2070 g/mol. The van der Waals surface area contributed by atoms with E-state index in [1.165, 1.54) is 82.7 Å². The SMILES string of the molecule is C.CC1=Nc2cc([N+](=O)[O-])ccc2OC1.CI.COC(C)CN=C1COc2ccc([N+](=O)[O-])cc2N1.COC(CN)OC.Nc1ccc2c(c1)-n1ccnc1CO2.O=C1COc2ccc([N+](=O)[O-])cc2N1.O=CC(F)(F)F.O=[N+]([O-])c1ccc2c(c1)-n1ccnc1CO2.O=[N+]([O-])c1ccc2c(c1)NC(=S)CO2.S=PP(P=S)P=S=S=S=S=S=S=S=S. The molecule has 6 aromatic carbocycles. The van der Waals surface area contributed by atoms with Crippen LogP contribution in [-0.2, 0) is 135 Å². The van der Waals surface area contributed by atoms with Gasteiger partial charge in [-0.05, 0) is 141 Å². The third kappa shape index (κ3) is 36.0. The highest BCUT2D eigenvalue weighted by Gasteiger charge is 2.26. The number of ether oxygens (including phenoxy) is 9. The quantitative estimate of drug-likeness (QED) is 0.00777. The van der Waals surface area contributed by atoms with Crippen LogP contribution in [0.4, 0.5) is 70.0 Å². The van der Waals surface area contributed by atoms with Gasteiger partial charge in [0, 0.05) is 140 Å². The number of hydrogen-bond acceptors (Lipinski definition) is 31. The second kappa shape index (κ2) is 55.5. The molecule has 2 aromatic heterocycles. The summed E-state index contributed by atoms with van der Waals surface area (Å²) in [7, 11) is 20.0. The fourth-order valence-corrected chi connectivity index (χ4v) is 44.5. The minimum atomic E-state index is -4.64. The Balaban J connectivity index is 0.000000289. The minimum absolute atomic E-state index is 0. The van der Waals surface area contributed by atoms with Crippen LogP contribution in [0.3, 0.4) is 0 Å². The molecule has 56 heteroatoms. The maximum atomic E-state index is 10.9. The lowest BCUT2D eigenvalue weighted by Gasteiger charge is -2.20. The summed E-state index contributed by atoms with van der Waals surface area (Å²) in [5.74, 6) is 5.69. The van der Waals surface area contributed by atoms with E-state index in [0.717, 1.165) is 48.6 Å². The standard InChI is InChI=1S/C12H15N3O4.C10H7N3O3.C10H9N3O.C9H8N2O3.C8H6N2O4.C8H6N2O3S.C4H11NO2.C2HF3O.CH3I.CH4.P4S10/c1-8(18-2)6-13-12-7-19-11-4-3-9(15(16)17)5-10(11)14-12;14-13(15)7-1-2-9-8(5-7)12-4-3-11-10(12)6-16-9;11-7-1-2-9-8(5-7)13-4-3-12-10(13)6-14-9;1-6-5-14-9-3-2-7(11(12)13)4-8(9)10-6;11-8-4-14-7-2-1-5(10(12)13)3-6(7)9-8;11-10(12)5-1-2-7-6(3-5)9-8(14)4-13-7;1-6-4(3-5)7-2;3-2(4,5)1-6;1-2;;5-1-4(2-6)3-8-10-12-14-13-11-9-7/h3-5,8H,6-7H2,1-2H3,(H,13,14);1-5H,6H2;1-5H,6,11H2;2-4H,5H2,1H3;1-3H,4H2,(H,9,11);1-3H,4H2,(H,9,14);4H,3,5H2,1-2H3;1H;1H3;1H4;. The molecule has 1 atom stereocenters. The van der Waals surface area contributed by atoms with Crippen molar-refractivity contribution in [1.82, 2.24) is 19.1 Å². The maximum absolute atomic E-state index is 10.9. The van der Waals surface area contributed by atoms with Crippen molar-refractivity contribution in [2.24, 2.45) is 15.7 Å². The molecule has 0 fully saturated rings. The molecule has 37 nitrogen and oxygen atoms in total. The topological polar surface area (TPSA) is 481 Å². The molecule has 0 radical (unpaired) electrons. The van der Waals surface area contributed by atoms with Gasteiger partial charge in [-0.25, -0.2) is 9.97 Å². The zero-order chi connectivity index (χ0) is 88.4. The molecule has 650 valence electrons. The van der Waals surface area contributed by atoms with Crippen molar-refractivity contribution < 1.29 is 90.0 Å². The van der Waals surface area contributed by atoms with Crippen molar-refractivity contribution in [3.63, 3.8) is 0 Å². The van der Waals surface area contributed by atoms with Crippen LogP contribution in [0.25, 0.3) is 11.4 Å². The van der Waals surface area contributed by atoms with E-state index in [2.05, 4.69) is 58.5 Å². The fraction of sp³-hybridized carbons (Fsp3) is 0.277. The number of aromatic nitrogens is 4. The molecular weight excluding hydrogens is 2000 g/mol. The number of non-ortho nitro benzene ring substituents is 5. The minimum Gasteiger partial charge on any atom is -0.485 e. The van der Waals surface area contributed by atoms with Crippen LogP contribution >= 0.6 is 62.9 Å². The van der Waals surface area contributed by atoms with Crippen molar-refractivity contribution >= 4 is 246 Å². The number of amidine groups is 1. The molecule has 8 aromatic rings. The number of nitrogens with two attached hydrogens (primary N) is 2. The molecule has 0 bridgehead atoms. The summed E-state index contributed by atoms with van der Waals surface area (Å²) in [6.45, 7) is 6.44. The van der Waals surface area contributed by atoms with E-state index >= 15 is 0 Å². The molecule has 8 heterocycles. The number of nitrogens with one attached hydrogen (secondary N) is 3. The van der Waals surface area contributed by atoms with E-state index in [9.17, 15) is 68.5 Å². The number of nitrogen functional groups attached to an aromatic ring is 1. The van der Waals surface area contributed by atoms with Crippen LogP contribution in [0, 0.1) is 50.6 Å². The number of carbonyl (C=O) groups is 2. The number of halogens is 4. The second-order valence-corrected chi connectivity index (χ2v) is 48.6. The largest absolute Gasteiger partial charge is 0.485 e. The Morgan fingerprint density at radius 1 is 0.620 bits per heavy atom. The van der Waals surface area contributed by atoms with Crippen molar-refractivity contribution in [2.45, 2.75) is 53.1 Å². The van der Waals surface area contributed by atoms with E-state index < -0.39 is 37.1 Å². The Kier molecular flexibility index (Phi) is 48.0. The number of imidazole rings is 2. The Labute approximate surface area is 746 Å². The number of methoxy groups -OCH3 is 3. The first-order chi connectivity index (χ1) is 57.4. The number of anilines is 4. The summed E-state index contributed by atoms with van der Waals surface area (Å²) >= 11 is 21.7. The number of thiocarbonyl (C=S) groups is 1. The van der Waals surface area contributed by atoms with Crippen LogP contribution in [0.1, 0.15) is 32.9 Å². The number of benzene rings is 6. The normalized spacial score (nSPS) is 13.2. The fourth-order valence-electron chi connectivity index (χ4n) is 9.02. The van der Waals surface area contributed by atoms with Gasteiger partial charge >= 0.3 is 6.18 Å². The Bertz CT molecular complexity index is 5350. The highest BCUT2D eigenvalue weighted by molar-refractivity contribution is 14.1. The van der Waals surface area contributed by atoms with E-state index in [-0.39, 0.29) is 67.8 Å². The number of amides is 1. The molecule has 0 saturated carbocycles. The summed E-state index contributed by atoms with van der Waals surface area (Å²) in [5.41, 5.74) is 16.1. The molecule has 14 rings (SSSR count). The lowest BCUT2D eigenvalue weighted by Crippen LogP contribution is -2.27. The molecule has 7 N–H and O–H groups in total. The average Bonchev–Trinajstić information content (AvgIpc) is 0.990. The van der Waals surface area contributed by atoms with Crippen molar-refractivity contribution in [3.05, 3.63) is 196 Å². The number of hydrogen-bond donors (Lipinski definition) is 5. The van der Waals surface area contributed by atoms with Gasteiger partial charge in [-0.2, -0.15) is 13.2 Å². The van der Waals surface area contributed by atoms with E-state index in [4.69, 9.17) is 106 Å². The molecule has 1 unspecified atom stereocenters. The van der Waals surface area contributed by atoms with Gasteiger partial charge < -0.3 is 70.0 Å². The number of alkyl halides is 4. The molecule has 6 aliphatic heterocycles. The summed E-state index contributed by atoms with van der Waals surface area (Å²) in [6, 6.07) is 27.4. The van der Waals surface area contributed by atoms with Gasteiger partial charge in [-0.1, -0.05) is 65.8 Å². The highest BCUT2D eigenvalue weighted by Crippen LogP contribution is 2.69. The smallest absolute Gasteiger partial charge is 0.446 e. The van der Waals surface area contributed by atoms with Crippen LogP contribution in [-0.4, -0.2) is 157 Å². The summed E-state index contributed by atoms with van der Waals surface area (Å²) in [4.78, 5) is 89.3. The number of aldehydes is 1. The molecule has 6 aliphatic rings. The highest BCUT2D eigenvalue weighted by atomic mass is 127. The molecule has 121 heavy (non-hydrogen) atoms. The van der Waals surface area contributed by atoms with Crippen LogP contribution in [0.2, 0.25) is 0 Å². The summed E-state index contributed by atoms with van der Waals surface area (Å²) in [5, 5.41) is 61.1. The Morgan fingerprint density at radius 3 is 1.51 bits per heavy atom. The van der Waals surface area contributed by atoms with Crippen molar-refractivity contribution in [1.29, 1.82) is 0 Å². The predicted molar refractivity (Wildman–Crippen MR) is 498 cm³/mol. The maximum Gasteiger partial charge on any atom is 0.446 e. The van der Waals surface area contributed by atoms with E-state index in [1.54, 1.807) is 113 Å². The first-order valence-corrected chi connectivity index (χ1v) is 53.8. The van der Waals surface area contributed by atoms with E-state index in [0.29, 0.717) is 114 Å². The molecular formula is C65H70F3IN16O21P4S11. The van der Waals surface area contributed by atoms with E-state index in [1.807, 2.05) is 57.2 Å². The first kappa shape index (κ1) is 105. The predicted octanol–water partition coefficient (Wildman–Crippen LogP) is 15.0. The number of aliphatic imine (C=N–C) groups is 2. The zero-order valence-corrected chi connectivity index (χ0v) is 77.2. The third-order valence-corrected chi connectivity index (χ3v) is 48.3. The van der Waals surface area contributed by atoms with Gasteiger partial charge in [0.2, 0.25) is 6.29 Å². The molecule has 1 amide bonds. The second-order valence-electron chi connectivity index (χ2n) is 22.2. The lowest BCUT2D eigenvalue weighted by molar-refractivity contribution is -0.385. The molecule has 0 spiro atoms. The van der Waals surface area contributed by atoms with Gasteiger partial charge in [0.25, 0.3) is 34.3 Å². The third-order valence-electron chi connectivity index (χ3n) is 14.4. The first-order valence-electron chi connectivity index (χ1n) is 32.7. The Morgan fingerprint density at radius 2 is 1.04 bits per heavy atom. The number of nitro groups is 5. The summed E-state index contributed by atoms with van der Waals surface area (Å²) < 4.78 is 81.6. The van der Waals surface area contributed by atoms with Gasteiger partial charge in [-0.3, -0.25) is 79.3 Å². The van der Waals surface area contributed by atoms with Crippen LogP contribution in [0.5, 0.6) is 34.5 Å². The number of nitro benzene ring substituents is 5. The van der Waals surface area contributed by atoms with Gasteiger partial charge in [0.05, 0.1) is 78.4 Å². The molecule has 0 saturated heterocycles. The number of rotatable bonds is 14. The van der Waals surface area contributed by atoms with Crippen LogP contribution < -0.4 is 55.8 Å². The van der Waals surface area contributed by atoms with Crippen molar-refractivity contribution in [3.8, 4) is 45.9 Å². The van der Waals surface area contributed by atoms with Gasteiger partial charge in [0.15, 0.2) is 24.5 Å². The van der Waals surface area contributed by atoms with Gasteiger partial charge in [0.1, 0.15) is 84.0 Å². The lowest BCUT2D eigenvalue weighted by atomic mass is 10.2. The summed E-state index contributed by atoms with van der Waals surface area (Å²) in [6.07, 6.45) is 1.16. The zero-order valence-electron chi connectivity index (χ0n) is 62.5. The Hall–Kier alpha value is -8.60. The van der Waals surface area contributed by atoms with Gasteiger partial charge in [-0.15, -0.1) is 0 Å². The number of carbonyl (C=O) groups excluding carboxylic acids is 2. The molecule has 0 aliphatic carbocycles.